The van der Waals surface area contributed by atoms with Crippen LogP contribution in [0.4, 0.5) is 5.69 Å². The van der Waals surface area contributed by atoms with Crippen LogP contribution in [-0.4, -0.2) is 17.6 Å². The third-order valence-electron chi connectivity index (χ3n) is 3.80. The van der Waals surface area contributed by atoms with Gasteiger partial charge in [0.05, 0.1) is 24.9 Å². The molecule has 0 saturated heterocycles. The lowest BCUT2D eigenvalue weighted by Crippen LogP contribution is -2.22. The first-order chi connectivity index (χ1) is 12.2. The van der Waals surface area contributed by atoms with Crippen molar-refractivity contribution in [3.63, 3.8) is 0 Å². The van der Waals surface area contributed by atoms with E-state index in [0.29, 0.717) is 23.5 Å². The predicted octanol–water partition coefficient (Wildman–Crippen LogP) is 3.16. The Morgan fingerprint density at radius 1 is 1.00 bits per heavy atom. The fourth-order valence-electron chi connectivity index (χ4n) is 2.51. The number of amides is 1. The number of nitrogens with one attached hydrogen (secondary N) is 1. The number of ether oxygens (including phenoxy) is 1. The van der Waals surface area contributed by atoms with Gasteiger partial charge in [0.1, 0.15) is 5.75 Å². The van der Waals surface area contributed by atoms with Crippen molar-refractivity contribution in [1.82, 2.24) is 4.57 Å². The van der Waals surface area contributed by atoms with Crippen molar-refractivity contribution < 1.29 is 9.53 Å². The first kappa shape index (κ1) is 16.5. The summed E-state index contributed by atoms with van der Waals surface area (Å²) in [6, 6.07) is 19.7. The van der Waals surface area contributed by atoms with E-state index in [9.17, 15) is 9.59 Å². The zero-order valence-corrected chi connectivity index (χ0v) is 13.8. The van der Waals surface area contributed by atoms with E-state index in [2.05, 4.69) is 5.32 Å². The third kappa shape index (κ3) is 3.95. The summed E-state index contributed by atoms with van der Waals surface area (Å²) in [4.78, 5) is 24.6. The van der Waals surface area contributed by atoms with E-state index in [1.807, 2.05) is 42.5 Å². The van der Waals surface area contributed by atoms with Crippen molar-refractivity contribution in [2.75, 3.05) is 12.4 Å². The minimum Gasteiger partial charge on any atom is -0.495 e. The summed E-state index contributed by atoms with van der Waals surface area (Å²) in [6.07, 6.45) is 1.57. The lowest BCUT2D eigenvalue weighted by molar-refractivity contribution is 0.102. The zero-order valence-electron chi connectivity index (χ0n) is 13.8. The molecule has 0 atom stereocenters. The summed E-state index contributed by atoms with van der Waals surface area (Å²) in [5, 5.41) is 2.81. The molecule has 0 aliphatic rings. The van der Waals surface area contributed by atoms with Gasteiger partial charge >= 0.3 is 0 Å². The number of carbonyl (C=O) groups is 1. The molecule has 1 N–H and O–H groups in total. The van der Waals surface area contributed by atoms with Gasteiger partial charge in [-0.2, -0.15) is 0 Å². The topological polar surface area (TPSA) is 60.3 Å². The number of nitrogens with zero attached hydrogens (tertiary/aromatic N) is 1. The van der Waals surface area contributed by atoms with Gasteiger partial charge in [0.25, 0.3) is 11.5 Å². The molecule has 5 nitrogen and oxygen atoms in total. The van der Waals surface area contributed by atoms with Crippen LogP contribution < -0.4 is 15.6 Å². The Morgan fingerprint density at radius 2 is 1.72 bits per heavy atom. The molecule has 3 rings (SSSR count). The van der Waals surface area contributed by atoms with E-state index < -0.39 is 0 Å². The molecule has 5 heteroatoms. The smallest absolute Gasteiger partial charge is 0.257 e. The van der Waals surface area contributed by atoms with Gasteiger partial charge in [-0.1, -0.05) is 42.5 Å². The molecule has 0 radical (unpaired) electrons. The number of hydrogen-bond donors (Lipinski definition) is 1. The van der Waals surface area contributed by atoms with Crippen molar-refractivity contribution in [2.45, 2.75) is 6.54 Å². The van der Waals surface area contributed by atoms with Gasteiger partial charge in [0, 0.05) is 12.3 Å². The van der Waals surface area contributed by atoms with Crippen LogP contribution in [0.1, 0.15) is 15.9 Å². The number of para-hydroxylation sites is 2. The molecule has 0 aliphatic heterocycles. The highest BCUT2D eigenvalue weighted by atomic mass is 16.5. The first-order valence-electron chi connectivity index (χ1n) is 7.86. The largest absolute Gasteiger partial charge is 0.495 e. The standard InChI is InChI=1S/C20H18N2O3/c1-25-18-10-6-5-9-17(18)21-20(24)16-11-12-19(23)22(14-16)13-15-7-3-2-4-8-15/h2-12,14H,13H2,1H3,(H,21,24). The lowest BCUT2D eigenvalue weighted by Gasteiger charge is -2.11. The first-order valence-corrected chi connectivity index (χ1v) is 7.86. The Kier molecular flexibility index (Phi) is 4.95. The van der Waals surface area contributed by atoms with Crippen molar-refractivity contribution in [1.29, 1.82) is 0 Å². The normalized spacial score (nSPS) is 10.3. The Balaban J connectivity index is 1.84. The Hall–Kier alpha value is -3.34. The summed E-state index contributed by atoms with van der Waals surface area (Å²) in [5.74, 6) is 0.278. The molecule has 25 heavy (non-hydrogen) atoms. The molecule has 0 fully saturated rings. The van der Waals surface area contributed by atoms with E-state index in [-0.39, 0.29) is 11.5 Å². The number of anilines is 1. The summed E-state index contributed by atoms with van der Waals surface area (Å²) < 4.78 is 6.75. The van der Waals surface area contributed by atoms with E-state index in [4.69, 9.17) is 4.74 Å². The third-order valence-corrected chi connectivity index (χ3v) is 3.80. The number of rotatable bonds is 5. The van der Waals surface area contributed by atoms with Crippen LogP contribution in [0.15, 0.2) is 77.7 Å². The molecule has 0 unspecified atom stereocenters. The number of carbonyl (C=O) groups excluding carboxylic acids is 1. The summed E-state index contributed by atoms with van der Waals surface area (Å²) in [6.45, 7) is 0.412. The molecular weight excluding hydrogens is 316 g/mol. The molecule has 3 aromatic rings. The highest BCUT2D eigenvalue weighted by molar-refractivity contribution is 6.04. The fraction of sp³-hybridized carbons (Fsp3) is 0.100. The Morgan fingerprint density at radius 3 is 2.48 bits per heavy atom. The highest BCUT2D eigenvalue weighted by Crippen LogP contribution is 2.23. The SMILES string of the molecule is COc1ccccc1NC(=O)c1ccc(=O)n(Cc2ccccc2)c1. The van der Waals surface area contributed by atoms with E-state index in [1.165, 1.54) is 16.7 Å². The minimum atomic E-state index is -0.300. The van der Waals surface area contributed by atoms with Crippen LogP contribution in [0.3, 0.4) is 0 Å². The zero-order chi connectivity index (χ0) is 17.6. The molecule has 1 aromatic heterocycles. The number of pyridine rings is 1. The van der Waals surface area contributed by atoms with Gasteiger partial charge in [-0.05, 0) is 23.8 Å². The molecular formula is C20H18N2O3. The van der Waals surface area contributed by atoms with Crippen LogP contribution in [-0.2, 0) is 6.54 Å². The second-order valence-corrected chi connectivity index (χ2v) is 5.52. The molecule has 1 amide bonds. The molecule has 0 spiro atoms. The van der Waals surface area contributed by atoms with Crippen molar-refractivity contribution in [3.05, 3.63) is 94.4 Å². The van der Waals surface area contributed by atoms with Crippen LogP contribution in [0.2, 0.25) is 0 Å². The average Bonchev–Trinajstić information content (AvgIpc) is 2.65. The molecule has 0 saturated carbocycles. The lowest BCUT2D eigenvalue weighted by atomic mass is 10.2. The van der Waals surface area contributed by atoms with Crippen molar-refractivity contribution in [3.8, 4) is 5.75 Å². The molecule has 1 heterocycles. The minimum absolute atomic E-state index is 0.155. The summed E-state index contributed by atoms with van der Waals surface area (Å²) in [5.41, 5.74) is 1.82. The molecule has 0 aliphatic carbocycles. The van der Waals surface area contributed by atoms with Crippen molar-refractivity contribution >= 4 is 11.6 Å². The number of hydrogen-bond acceptors (Lipinski definition) is 3. The van der Waals surface area contributed by atoms with Crippen LogP contribution in [0.25, 0.3) is 0 Å². The number of benzene rings is 2. The van der Waals surface area contributed by atoms with Gasteiger partial charge in [-0.3, -0.25) is 9.59 Å². The van der Waals surface area contributed by atoms with Gasteiger partial charge in [0.15, 0.2) is 0 Å². The monoisotopic (exact) mass is 334 g/mol. The average molecular weight is 334 g/mol. The fourth-order valence-corrected chi connectivity index (χ4v) is 2.51. The van der Waals surface area contributed by atoms with Gasteiger partial charge in [0.2, 0.25) is 0 Å². The van der Waals surface area contributed by atoms with E-state index in [0.717, 1.165) is 5.56 Å². The maximum Gasteiger partial charge on any atom is 0.257 e. The van der Waals surface area contributed by atoms with Crippen LogP contribution in [0.5, 0.6) is 5.75 Å². The van der Waals surface area contributed by atoms with Crippen LogP contribution in [0, 0.1) is 0 Å². The van der Waals surface area contributed by atoms with E-state index >= 15 is 0 Å². The maximum atomic E-state index is 12.5. The summed E-state index contributed by atoms with van der Waals surface area (Å²) >= 11 is 0. The second-order valence-electron chi connectivity index (χ2n) is 5.52. The predicted molar refractivity (Wildman–Crippen MR) is 97.2 cm³/mol. The van der Waals surface area contributed by atoms with Gasteiger partial charge < -0.3 is 14.6 Å². The summed E-state index contributed by atoms with van der Waals surface area (Å²) in [7, 11) is 1.55. The Labute approximate surface area is 145 Å². The molecule has 2 aromatic carbocycles. The second kappa shape index (κ2) is 7.49. The number of aromatic nitrogens is 1. The highest BCUT2D eigenvalue weighted by Gasteiger charge is 2.11. The van der Waals surface area contributed by atoms with Crippen molar-refractivity contribution in [2.24, 2.45) is 0 Å². The van der Waals surface area contributed by atoms with Gasteiger partial charge in [-0.25, -0.2) is 0 Å². The van der Waals surface area contributed by atoms with Gasteiger partial charge in [-0.15, -0.1) is 0 Å². The molecule has 126 valence electrons. The molecule has 0 bridgehead atoms. The van der Waals surface area contributed by atoms with Crippen LogP contribution >= 0.6 is 0 Å². The number of methoxy groups -OCH3 is 1. The Bertz CT molecular complexity index is 933. The maximum absolute atomic E-state index is 12.5. The van der Waals surface area contributed by atoms with E-state index in [1.54, 1.807) is 25.4 Å². The quantitative estimate of drug-likeness (QED) is 0.780.